The molecule has 1 saturated heterocycles. The lowest BCUT2D eigenvalue weighted by molar-refractivity contribution is -0.127. The van der Waals surface area contributed by atoms with Crippen molar-refractivity contribution in [1.29, 1.82) is 0 Å². The van der Waals surface area contributed by atoms with E-state index in [4.69, 9.17) is 0 Å². The molecule has 33 heavy (non-hydrogen) atoms. The molecule has 0 bridgehead atoms. The molecule has 0 spiro atoms. The van der Waals surface area contributed by atoms with E-state index in [1.165, 1.54) is 31.4 Å². The van der Waals surface area contributed by atoms with Crippen LogP contribution in [0.15, 0.2) is 59.5 Å². The van der Waals surface area contributed by atoms with E-state index >= 15 is 0 Å². The number of nitrogens with zero attached hydrogens (tertiary/aromatic N) is 1. The summed E-state index contributed by atoms with van der Waals surface area (Å²) in [6.07, 6.45) is 7.05. The predicted octanol–water partition coefficient (Wildman–Crippen LogP) is 3.79. The van der Waals surface area contributed by atoms with Crippen LogP contribution in [-0.2, 0) is 14.8 Å². The summed E-state index contributed by atoms with van der Waals surface area (Å²) in [5.74, 6) is -0.0665. The van der Waals surface area contributed by atoms with Gasteiger partial charge in [-0.15, -0.1) is 0 Å². The van der Waals surface area contributed by atoms with Gasteiger partial charge in [0.2, 0.25) is 5.91 Å². The Hall–Kier alpha value is -2.87. The molecule has 2 N–H and O–H groups in total. The van der Waals surface area contributed by atoms with Crippen molar-refractivity contribution in [2.45, 2.75) is 55.9 Å². The number of carbonyl (C=O) groups excluding carboxylic acids is 2. The fourth-order valence-electron chi connectivity index (χ4n) is 4.59. The Labute approximate surface area is 195 Å². The number of rotatable bonds is 6. The van der Waals surface area contributed by atoms with Gasteiger partial charge in [0.25, 0.3) is 15.9 Å². The Morgan fingerprint density at radius 3 is 2.09 bits per heavy atom. The summed E-state index contributed by atoms with van der Waals surface area (Å²) in [6, 6.07) is 15.0. The lowest BCUT2D eigenvalue weighted by Gasteiger charge is -2.33. The van der Waals surface area contributed by atoms with Gasteiger partial charge in [-0.25, -0.2) is 8.42 Å². The number of piperidine rings is 1. The van der Waals surface area contributed by atoms with Gasteiger partial charge in [0, 0.05) is 36.3 Å². The van der Waals surface area contributed by atoms with Gasteiger partial charge >= 0.3 is 0 Å². The Balaban J connectivity index is 1.31. The number of anilines is 1. The molecular formula is C25H31N3O4S. The molecule has 2 aromatic rings. The number of likely N-dealkylation sites (tertiary alicyclic amines) is 1. The molecule has 1 aliphatic carbocycles. The van der Waals surface area contributed by atoms with Crippen molar-refractivity contribution in [3.8, 4) is 0 Å². The zero-order valence-electron chi connectivity index (χ0n) is 18.7. The largest absolute Gasteiger partial charge is 0.353 e. The summed E-state index contributed by atoms with van der Waals surface area (Å²) >= 11 is 0. The zero-order valence-corrected chi connectivity index (χ0v) is 19.5. The smallest absolute Gasteiger partial charge is 0.261 e. The highest BCUT2D eigenvalue weighted by Gasteiger charge is 2.29. The topological polar surface area (TPSA) is 95.6 Å². The standard InChI is InChI=1S/C25H31N3O4S/c29-24(26-21-7-3-1-4-8-21)19-15-17-28(18-16-19)25(30)20-11-13-23(14-12-20)33(31,32)27-22-9-5-2-6-10-22/h2,5-6,9-14,19,21,27H,1,3-4,7-8,15-18H2,(H,26,29). The van der Waals surface area contributed by atoms with Crippen molar-refractivity contribution in [3.05, 3.63) is 60.2 Å². The summed E-state index contributed by atoms with van der Waals surface area (Å²) in [6.45, 7) is 1.05. The number of carbonyl (C=O) groups is 2. The van der Waals surface area contributed by atoms with Crippen molar-refractivity contribution in [3.63, 3.8) is 0 Å². The van der Waals surface area contributed by atoms with Gasteiger partial charge in [-0.1, -0.05) is 37.5 Å². The summed E-state index contributed by atoms with van der Waals surface area (Å²) < 4.78 is 27.7. The lowest BCUT2D eigenvalue weighted by Crippen LogP contribution is -2.45. The molecule has 8 heteroatoms. The van der Waals surface area contributed by atoms with E-state index in [2.05, 4.69) is 10.0 Å². The van der Waals surface area contributed by atoms with Crippen LogP contribution in [0.1, 0.15) is 55.3 Å². The Morgan fingerprint density at radius 1 is 0.818 bits per heavy atom. The van der Waals surface area contributed by atoms with Gasteiger partial charge in [-0.2, -0.15) is 0 Å². The quantitative estimate of drug-likeness (QED) is 0.673. The molecule has 1 saturated carbocycles. The van der Waals surface area contributed by atoms with Crippen molar-refractivity contribution >= 4 is 27.5 Å². The lowest BCUT2D eigenvalue weighted by atomic mass is 9.92. The first-order valence-electron chi connectivity index (χ1n) is 11.7. The highest BCUT2D eigenvalue weighted by atomic mass is 32.2. The van der Waals surface area contributed by atoms with Crippen molar-refractivity contribution in [2.75, 3.05) is 17.8 Å². The van der Waals surface area contributed by atoms with E-state index < -0.39 is 10.0 Å². The second kappa shape index (κ2) is 10.4. The maximum Gasteiger partial charge on any atom is 0.261 e. The van der Waals surface area contributed by atoms with Gasteiger partial charge in [0.1, 0.15) is 0 Å². The third kappa shape index (κ3) is 5.93. The fourth-order valence-corrected chi connectivity index (χ4v) is 5.65. The third-order valence-electron chi connectivity index (χ3n) is 6.54. The van der Waals surface area contributed by atoms with E-state index in [9.17, 15) is 18.0 Å². The molecule has 1 aliphatic heterocycles. The SMILES string of the molecule is O=C(NC1CCCCC1)C1CCN(C(=O)c2ccc(S(=O)(=O)Nc3ccccc3)cc2)CC1. The molecular weight excluding hydrogens is 438 g/mol. The molecule has 0 atom stereocenters. The van der Waals surface area contributed by atoms with Gasteiger partial charge in [-0.3, -0.25) is 14.3 Å². The zero-order chi connectivity index (χ0) is 23.3. The maximum atomic E-state index is 12.9. The van der Waals surface area contributed by atoms with Crippen LogP contribution in [0.2, 0.25) is 0 Å². The van der Waals surface area contributed by atoms with Gasteiger partial charge < -0.3 is 10.2 Å². The summed E-state index contributed by atoms with van der Waals surface area (Å²) in [5.41, 5.74) is 0.923. The number of sulfonamides is 1. The molecule has 2 fully saturated rings. The van der Waals surface area contributed by atoms with Crippen LogP contribution < -0.4 is 10.0 Å². The van der Waals surface area contributed by atoms with E-state index in [-0.39, 0.29) is 22.6 Å². The van der Waals surface area contributed by atoms with Crippen LogP contribution in [0.25, 0.3) is 0 Å². The van der Waals surface area contributed by atoms with Crippen LogP contribution in [-0.4, -0.2) is 44.3 Å². The minimum Gasteiger partial charge on any atom is -0.353 e. The monoisotopic (exact) mass is 469 g/mol. The molecule has 7 nitrogen and oxygen atoms in total. The van der Waals surface area contributed by atoms with E-state index in [1.54, 1.807) is 41.3 Å². The molecule has 0 unspecified atom stereocenters. The fraction of sp³-hybridized carbons (Fsp3) is 0.440. The first-order valence-corrected chi connectivity index (χ1v) is 13.2. The minimum atomic E-state index is -3.73. The highest BCUT2D eigenvalue weighted by molar-refractivity contribution is 7.92. The summed E-state index contributed by atoms with van der Waals surface area (Å²) in [7, 11) is -3.73. The second-order valence-corrected chi connectivity index (χ2v) is 10.6. The van der Waals surface area contributed by atoms with E-state index in [0.29, 0.717) is 43.2 Å². The van der Waals surface area contributed by atoms with Gasteiger partial charge in [0.05, 0.1) is 4.90 Å². The number of benzene rings is 2. The minimum absolute atomic E-state index is 0.0486. The average molecular weight is 470 g/mol. The first kappa shape index (κ1) is 23.3. The number of hydrogen-bond donors (Lipinski definition) is 2. The third-order valence-corrected chi connectivity index (χ3v) is 7.94. The van der Waals surface area contributed by atoms with Crippen LogP contribution in [0.4, 0.5) is 5.69 Å². The molecule has 2 aromatic carbocycles. The molecule has 0 radical (unpaired) electrons. The molecule has 4 rings (SSSR count). The van der Waals surface area contributed by atoms with Gasteiger partial charge in [-0.05, 0) is 62.1 Å². The average Bonchev–Trinajstić information content (AvgIpc) is 2.85. The molecule has 1 heterocycles. The number of nitrogens with one attached hydrogen (secondary N) is 2. The number of hydrogen-bond acceptors (Lipinski definition) is 4. The number of para-hydroxylation sites is 1. The van der Waals surface area contributed by atoms with Crippen LogP contribution in [0.3, 0.4) is 0 Å². The van der Waals surface area contributed by atoms with Crippen molar-refractivity contribution in [2.24, 2.45) is 5.92 Å². The molecule has 2 aliphatic rings. The molecule has 2 amide bonds. The Kier molecular flexibility index (Phi) is 7.33. The van der Waals surface area contributed by atoms with E-state index in [1.807, 2.05) is 6.07 Å². The summed E-state index contributed by atoms with van der Waals surface area (Å²) in [4.78, 5) is 27.3. The van der Waals surface area contributed by atoms with Crippen LogP contribution in [0.5, 0.6) is 0 Å². The summed E-state index contributed by atoms with van der Waals surface area (Å²) in [5, 5.41) is 3.20. The highest BCUT2D eigenvalue weighted by Crippen LogP contribution is 2.23. The molecule has 176 valence electrons. The van der Waals surface area contributed by atoms with E-state index in [0.717, 1.165) is 12.8 Å². The van der Waals surface area contributed by atoms with Crippen molar-refractivity contribution < 1.29 is 18.0 Å². The second-order valence-electron chi connectivity index (χ2n) is 8.91. The normalized spacial score (nSPS) is 18.0. The van der Waals surface area contributed by atoms with Crippen LogP contribution >= 0.6 is 0 Å². The predicted molar refractivity (Wildman–Crippen MR) is 127 cm³/mol. The number of amides is 2. The van der Waals surface area contributed by atoms with Gasteiger partial charge in [0.15, 0.2) is 0 Å². The maximum absolute atomic E-state index is 12.9. The Bertz CT molecular complexity index is 1060. The van der Waals surface area contributed by atoms with Crippen molar-refractivity contribution in [1.82, 2.24) is 10.2 Å². The Morgan fingerprint density at radius 2 is 1.45 bits per heavy atom. The first-order chi connectivity index (χ1) is 15.9. The molecule has 0 aromatic heterocycles. The van der Waals surface area contributed by atoms with Crippen LogP contribution in [0, 0.1) is 5.92 Å².